The summed E-state index contributed by atoms with van der Waals surface area (Å²) >= 11 is 0. The van der Waals surface area contributed by atoms with E-state index in [-0.39, 0.29) is 17.3 Å². The highest BCUT2D eigenvalue weighted by Crippen LogP contribution is 2.38. The number of hydrogen-bond donors (Lipinski definition) is 1. The molecule has 0 saturated heterocycles. The maximum Gasteiger partial charge on any atom is 0.269 e. The molecule has 1 aliphatic carbocycles. The van der Waals surface area contributed by atoms with Gasteiger partial charge in [0.1, 0.15) is 0 Å². The van der Waals surface area contributed by atoms with Crippen molar-refractivity contribution in [3.05, 3.63) is 53.7 Å². The van der Waals surface area contributed by atoms with Crippen LogP contribution in [-0.2, 0) is 0 Å². The number of halogens is 2. The number of carbonyl (C=O) groups excluding carboxylic acids is 1. The molecule has 0 spiro atoms. The number of carbonyl (C=O) groups is 1. The van der Waals surface area contributed by atoms with E-state index in [1.807, 2.05) is 0 Å². The Kier molecular flexibility index (Phi) is 2.94. The molecule has 0 aliphatic heterocycles. The van der Waals surface area contributed by atoms with Crippen LogP contribution >= 0.6 is 0 Å². The van der Waals surface area contributed by atoms with E-state index in [0.717, 1.165) is 24.4 Å². The van der Waals surface area contributed by atoms with Crippen molar-refractivity contribution in [2.75, 3.05) is 0 Å². The van der Waals surface area contributed by atoms with Gasteiger partial charge in [-0.3, -0.25) is 9.48 Å². The molecule has 6 heteroatoms. The predicted octanol–water partition coefficient (Wildman–Crippen LogP) is 3.42. The average molecular weight is 313 g/mol. The van der Waals surface area contributed by atoms with Crippen LogP contribution in [0.2, 0.25) is 0 Å². The Morgan fingerprint density at radius 2 is 2.00 bits per heavy atom. The summed E-state index contributed by atoms with van der Waals surface area (Å²) in [6.45, 7) is 0. The molecule has 0 unspecified atom stereocenters. The molecule has 23 heavy (non-hydrogen) atoms. The standard InChI is InChI=1S/C17H13F2N3O/c18-13-3-1-2-11(15(13)19)9-4-7-14-12(8-9)16(17(20)23)21-22(14)10-5-6-10/h1-4,7-8,10H,5-6H2,(H2,20,23). The Bertz CT molecular complexity index is 944. The van der Waals surface area contributed by atoms with E-state index in [1.54, 1.807) is 22.9 Å². The van der Waals surface area contributed by atoms with Crippen molar-refractivity contribution >= 4 is 16.8 Å². The van der Waals surface area contributed by atoms with Gasteiger partial charge in [-0.15, -0.1) is 0 Å². The van der Waals surface area contributed by atoms with Gasteiger partial charge in [0.25, 0.3) is 5.91 Å². The molecule has 2 aromatic carbocycles. The monoisotopic (exact) mass is 313 g/mol. The maximum absolute atomic E-state index is 14.0. The van der Waals surface area contributed by atoms with Crippen molar-refractivity contribution < 1.29 is 13.6 Å². The zero-order valence-electron chi connectivity index (χ0n) is 12.1. The number of nitrogens with two attached hydrogens (primary N) is 1. The van der Waals surface area contributed by atoms with E-state index in [9.17, 15) is 13.6 Å². The minimum absolute atomic E-state index is 0.140. The fraction of sp³-hybridized carbons (Fsp3) is 0.176. The summed E-state index contributed by atoms with van der Waals surface area (Å²) in [6, 6.07) is 9.40. The van der Waals surface area contributed by atoms with E-state index in [4.69, 9.17) is 5.73 Å². The molecule has 1 aromatic heterocycles. The van der Waals surface area contributed by atoms with E-state index in [1.165, 1.54) is 12.1 Å². The third-order valence-corrected chi connectivity index (χ3v) is 4.09. The number of aromatic nitrogens is 2. The normalized spacial score (nSPS) is 14.3. The molecule has 0 bridgehead atoms. The molecule has 0 radical (unpaired) electrons. The van der Waals surface area contributed by atoms with Crippen molar-refractivity contribution in [2.45, 2.75) is 18.9 Å². The van der Waals surface area contributed by atoms with Crippen LogP contribution in [0.15, 0.2) is 36.4 Å². The van der Waals surface area contributed by atoms with Gasteiger partial charge in [0.2, 0.25) is 0 Å². The highest BCUT2D eigenvalue weighted by Gasteiger charge is 2.28. The number of benzene rings is 2. The van der Waals surface area contributed by atoms with E-state index in [0.29, 0.717) is 10.9 Å². The Labute approximate surface area is 130 Å². The van der Waals surface area contributed by atoms with Crippen molar-refractivity contribution in [3.8, 4) is 11.1 Å². The maximum atomic E-state index is 14.0. The lowest BCUT2D eigenvalue weighted by molar-refractivity contribution is 0.0996. The van der Waals surface area contributed by atoms with E-state index in [2.05, 4.69) is 5.10 Å². The largest absolute Gasteiger partial charge is 0.364 e. The lowest BCUT2D eigenvalue weighted by Crippen LogP contribution is -2.12. The van der Waals surface area contributed by atoms with Gasteiger partial charge in [-0.05, 0) is 36.6 Å². The Morgan fingerprint density at radius 1 is 1.22 bits per heavy atom. The van der Waals surface area contributed by atoms with Gasteiger partial charge in [-0.25, -0.2) is 8.78 Å². The summed E-state index contributed by atoms with van der Waals surface area (Å²) in [7, 11) is 0. The van der Waals surface area contributed by atoms with Gasteiger partial charge >= 0.3 is 0 Å². The smallest absolute Gasteiger partial charge is 0.269 e. The SMILES string of the molecule is NC(=O)c1nn(C2CC2)c2ccc(-c3cccc(F)c3F)cc12. The zero-order valence-corrected chi connectivity index (χ0v) is 12.1. The van der Waals surface area contributed by atoms with Crippen LogP contribution in [0.5, 0.6) is 0 Å². The van der Waals surface area contributed by atoms with Crippen molar-refractivity contribution in [3.63, 3.8) is 0 Å². The molecule has 0 atom stereocenters. The Morgan fingerprint density at radius 3 is 2.70 bits per heavy atom. The van der Waals surface area contributed by atoms with Crippen LogP contribution in [0.4, 0.5) is 8.78 Å². The van der Waals surface area contributed by atoms with Crippen LogP contribution in [0, 0.1) is 11.6 Å². The van der Waals surface area contributed by atoms with Gasteiger partial charge in [0.15, 0.2) is 17.3 Å². The van der Waals surface area contributed by atoms with Crippen LogP contribution in [0.3, 0.4) is 0 Å². The number of rotatable bonds is 3. The van der Waals surface area contributed by atoms with Crippen molar-refractivity contribution in [1.82, 2.24) is 9.78 Å². The van der Waals surface area contributed by atoms with Crippen LogP contribution in [0.25, 0.3) is 22.0 Å². The number of fused-ring (bicyclic) bond motifs is 1. The molecule has 1 saturated carbocycles. The minimum atomic E-state index is -0.915. The van der Waals surface area contributed by atoms with Crippen LogP contribution in [0.1, 0.15) is 29.4 Å². The van der Waals surface area contributed by atoms with Gasteiger partial charge in [-0.1, -0.05) is 18.2 Å². The van der Waals surface area contributed by atoms with Gasteiger partial charge < -0.3 is 5.73 Å². The zero-order chi connectivity index (χ0) is 16.1. The first kappa shape index (κ1) is 13.9. The van der Waals surface area contributed by atoms with Crippen molar-refractivity contribution in [2.24, 2.45) is 5.73 Å². The molecule has 4 rings (SSSR count). The number of primary amides is 1. The molecule has 3 aromatic rings. The highest BCUT2D eigenvalue weighted by atomic mass is 19.2. The molecule has 4 nitrogen and oxygen atoms in total. The third kappa shape index (κ3) is 2.18. The van der Waals surface area contributed by atoms with Crippen LogP contribution in [-0.4, -0.2) is 15.7 Å². The molecule has 1 fully saturated rings. The Balaban J connectivity index is 1.95. The molecule has 1 amide bonds. The number of amides is 1. The minimum Gasteiger partial charge on any atom is -0.364 e. The van der Waals surface area contributed by atoms with Gasteiger partial charge in [0.05, 0.1) is 11.6 Å². The summed E-state index contributed by atoms with van der Waals surface area (Å²) in [6.07, 6.45) is 2.02. The fourth-order valence-electron chi connectivity index (χ4n) is 2.81. The topological polar surface area (TPSA) is 60.9 Å². The second-order valence-electron chi connectivity index (χ2n) is 5.72. The summed E-state index contributed by atoms with van der Waals surface area (Å²) < 4.78 is 29.2. The summed E-state index contributed by atoms with van der Waals surface area (Å²) in [5.74, 6) is -2.46. The summed E-state index contributed by atoms with van der Waals surface area (Å²) in [5, 5.41) is 4.86. The van der Waals surface area contributed by atoms with Crippen LogP contribution < -0.4 is 5.73 Å². The molecular weight excluding hydrogens is 300 g/mol. The second kappa shape index (κ2) is 4.87. The molecule has 1 heterocycles. The number of hydrogen-bond acceptors (Lipinski definition) is 2. The number of nitrogens with zero attached hydrogens (tertiary/aromatic N) is 2. The van der Waals surface area contributed by atoms with Crippen molar-refractivity contribution in [1.29, 1.82) is 0 Å². The van der Waals surface area contributed by atoms with E-state index >= 15 is 0 Å². The quantitative estimate of drug-likeness (QED) is 0.805. The average Bonchev–Trinajstić information content (AvgIpc) is 3.30. The molecular formula is C17H13F2N3O. The van der Waals surface area contributed by atoms with Gasteiger partial charge in [-0.2, -0.15) is 5.10 Å². The molecule has 116 valence electrons. The Hall–Kier alpha value is -2.76. The first-order valence-corrected chi connectivity index (χ1v) is 7.32. The lowest BCUT2D eigenvalue weighted by Gasteiger charge is -2.05. The first-order chi connectivity index (χ1) is 11.1. The lowest BCUT2D eigenvalue weighted by atomic mass is 10.0. The summed E-state index contributed by atoms with van der Waals surface area (Å²) in [4.78, 5) is 11.7. The van der Waals surface area contributed by atoms with E-state index < -0.39 is 17.5 Å². The summed E-state index contributed by atoms with van der Waals surface area (Å²) in [5.41, 5.74) is 6.96. The highest BCUT2D eigenvalue weighted by molar-refractivity contribution is 6.05. The fourth-order valence-corrected chi connectivity index (χ4v) is 2.81. The predicted molar refractivity (Wildman–Crippen MR) is 81.9 cm³/mol. The van der Waals surface area contributed by atoms with Gasteiger partial charge in [0, 0.05) is 10.9 Å². The molecule has 2 N–H and O–H groups in total. The third-order valence-electron chi connectivity index (χ3n) is 4.09. The first-order valence-electron chi connectivity index (χ1n) is 7.32. The second-order valence-corrected chi connectivity index (χ2v) is 5.72. The molecule has 1 aliphatic rings.